The molecule has 0 saturated heterocycles. The van der Waals surface area contributed by atoms with Crippen molar-refractivity contribution >= 4 is 5.91 Å². The fourth-order valence-electron chi connectivity index (χ4n) is 2.30. The van der Waals surface area contributed by atoms with Gasteiger partial charge in [0.1, 0.15) is 11.6 Å². The van der Waals surface area contributed by atoms with Gasteiger partial charge in [-0.2, -0.15) is 0 Å². The average Bonchev–Trinajstić information content (AvgIpc) is 2.61. The van der Waals surface area contributed by atoms with Crippen molar-refractivity contribution in [2.24, 2.45) is 0 Å². The van der Waals surface area contributed by atoms with E-state index in [1.165, 1.54) is 12.1 Å². The van der Waals surface area contributed by atoms with E-state index in [1.807, 2.05) is 43.1 Å². The molecule has 0 unspecified atom stereocenters. The summed E-state index contributed by atoms with van der Waals surface area (Å²) in [7, 11) is 3.50. The Morgan fingerprint density at radius 3 is 2.29 bits per heavy atom. The zero-order chi connectivity index (χ0) is 17.5. The van der Waals surface area contributed by atoms with Crippen LogP contribution in [0.25, 0.3) is 0 Å². The molecule has 5 heteroatoms. The Hall–Kier alpha value is -2.40. The molecule has 128 valence electrons. The second-order valence-corrected chi connectivity index (χ2v) is 5.78. The molecule has 0 bridgehead atoms. The number of rotatable bonds is 7. The minimum atomic E-state index is -0.284. The van der Waals surface area contributed by atoms with Gasteiger partial charge in [0, 0.05) is 13.1 Å². The third-order valence-electron chi connectivity index (χ3n) is 4.01. The number of carbonyl (C=O) groups excluding carboxylic acids is 1. The maximum atomic E-state index is 12.9. The molecule has 0 fully saturated rings. The van der Waals surface area contributed by atoms with Crippen LogP contribution in [-0.2, 0) is 17.9 Å². The molecule has 0 radical (unpaired) electrons. The summed E-state index contributed by atoms with van der Waals surface area (Å²) in [5.74, 6) is 0.486. The number of amides is 1. The molecule has 1 amide bonds. The van der Waals surface area contributed by atoms with E-state index in [-0.39, 0.29) is 17.8 Å². The summed E-state index contributed by atoms with van der Waals surface area (Å²) in [6, 6.07) is 13.6. The molecular weight excluding hydrogens is 307 g/mol. The molecule has 0 saturated carbocycles. The van der Waals surface area contributed by atoms with Crippen LogP contribution in [0.4, 0.5) is 4.39 Å². The highest BCUT2D eigenvalue weighted by molar-refractivity contribution is 5.81. The molecule has 24 heavy (non-hydrogen) atoms. The van der Waals surface area contributed by atoms with Crippen LogP contribution in [0.2, 0.25) is 0 Å². The van der Waals surface area contributed by atoms with Crippen LogP contribution in [0, 0.1) is 5.82 Å². The van der Waals surface area contributed by atoms with Gasteiger partial charge in [-0.15, -0.1) is 0 Å². The van der Waals surface area contributed by atoms with E-state index in [1.54, 1.807) is 19.2 Å². The van der Waals surface area contributed by atoms with E-state index in [9.17, 15) is 9.18 Å². The van der Waals surface area contributed by atoms with Crippen molar-refractivity contribution in [3.05, 3.63) is 65.5 Å². The van der Waals surface area contributed by atoms with Gasteiger partial charge in [0.05, 0.1) is 13.2 Å². The fourth-order valence-corrected chi connectivity index (χ4v) is 2.30. The van der Waals surface area contributed by atoms with E-state index < -0.39 is 0 Å². The Morgan fingerprint density at radius 1 is 1.12 bits per heavy atom. The summed E-state index contributed by atoms with van der Waals surface area (Å²) >= 11 is 0. The monoisotopic (exact) mass is 330 g/mol. The molecule has 1 atom stereocenters. The maximum Gasteiger partial charge on any atom is 0.237 e. The molecule has 0 heterocycles. The molecule has 1 N–H and O–H groups in total. The number of ether oxygens (including phenoxy) is 1. The number of hydrogen-bond donors (Lipinski definition) is 1. The minimum absolute atomic E-state index is 0.0459. The summed E-state index contributed by atoms with van der Waals surface area (Å²) < 4.78 is 18.0. The second kappa shape index (κ2) is 8.45. The van der Waals surface area contributed by atoms with Gasteiger partial charge in [-0.3, -0.25) is 9.69 Å². The standard InChI is InChI=1S/C19H23FN2O2/c1-14(22(2)13-16-4-8-17(20)9-5-16)19(23)21-12-15-6-10-18(24-3)11-7-15/h4-11,14H,12-13H2,1-3H3,(H,21,23)/t14-/m0/s1. The Bertz CT molecular complexity index is 656. The Labute approximate surface area is 142 Å². The zero-order valence-corrected chi connectivity index (χ0v) is 14.3. The first-order valence-electron chi connectivity index (χ1n) is 7.85. The first-order chi connectivity index (χ1) is 11.5. The molecule has 0 aromatic heterocycles. The van der Waals surface area contributed by atoms with Gasteiger partial charge in [0.25, 0.3) is 0 Å². The molecule has 4 nitrogen and oxygen atoms in total. The Balaban J connectivity index is 1.84. The van der Waals surface area contributed by atoms with E-state index in [0.29, 0.717) is 13.1 Å². The molecule has 0 spiro atoms. The van der Waals surface area contributed by atoms with Crippen LogP contribution >= 0.6 is 0 Å². The van der Waals surface area contributed by atoms with Crippen molar-refractivity contribution < 1.29 is 13.9 Å². The first kappa shape index (κ1) is 17.9. The molecule has 2 aromatic rings. The fraction of sp³-hybridized carbons (Fsp3) is 0.316. The minimum Gasteiger partial charge on any atom is -0.497 e. The van der Waals surface area contributed by atoms with Gasteiger partial charge >= 0.3 is 0 Å². The summed E-state index contributed by atoms with van der Waals surface area (Å²) in [5, 5.41) is 2.93. The highest BCUT2D eigenvalue weighted by Crippen LogP contribution is 2.11. The van der Waals surface area contributed by atoms with Crippen LogP contribution in [0.3, 0.4) is 0 Å². The van der Waals surface area contributed by atoms with Gasteiger partial charge in [0.15, 0.2) is 0 Å². The lowest BCUT2D eigenvalue weighted by Gasteiger charge is -2.24. The number of benzene rings is 2. The lowest BCUT2D eigenvalue weighted by molar-refractivity contribution is -0.125. The van der Waals surface area contributed by atoms with Crippen molar-refractivity contribution in [3.8, 4) is 5.75 Å². The number of nitrogens with zero attached hydrogens (tertiary/aromatic N) is 1. The van der Waals surface area contributed by atoms with Crippen LogP contribution in [0.1, 0.15) is 18.1 Å². The van der Waals surface area contributed by atoms with E-state index in [0.717, 1.165) is 16.9 Å². The summed E-state index contributed by atoms with van der Waals surface area (Å²) in [6.45, 7) is 2.90. The van der Waals surface area contributed by atoms with Gasteiger partial charge < -0.3 is 10.1 Å². The first-order valence-corrected chi connectivity index (χ1v) is 7.85. The number of likely N-dealkylation sites (N-methyl/N-ethyl adjacent to an activating group) is 1. The normalized spacial score (nSPS) is 12.0. The van der Waals surface area contributed by atoms with Gasteiger partial charge in [-0.05, 0) is 49.4 Å². The van der Waals surface area contributed by atoms with Crippen molar-refractivity contribution in [2.45, 2.75) is 26.1 Å². The van der Waals surface area contributed by atoms with E-state index in [4.69, 9.17) is 4.74 Å². The Kier molecular flexibility index (Phi) is 6.32. The quantitative estimate of drug-likeness (QED) is 0.849. The SMILES string of the molecule is COc1ccc(CNC(=O)[C@H](C)N(C)Cc2ccc(F)cc2)cc1. The molecule has 0 aliphatic carbocycles. The predicted octanol–water partition coefficient (Wildman–Crippen LogP) is 2.97. The molecule has 0 aliphatic heterocycles. The summed E-state index contributed by atoms with van der Waals surface area (Å²) in [4.78, 5) is 14.2. The lowest BCUT2D eigenvalue weighted by Crippen LogP contribution is -2.42. The summed E-state index contributed by atoms with van der Waals surface area (Å²) in [5.41, 5.74) is 1.98. The third kappa shape index (κ3) is 5.06. The highest BCUT2D eigenvalue weighted by Gasteiger charge is 2.17. The smallest absolute Gasteiger partial charge is 0.237 e. The van der Waals surface area contributed by atoms with Crippen LogP contribution < -0.4 is 10.1 Å². The number of methoxy groups -OCH3 is 1. The number of halogens is 1. The molecule has 2 aromatic carbocycles. The van der Waals surface area contributed by atoms with Crippen molar-refractivity contribution in [1.29, 1.82) is 0 Å². The predicted molar refractivity (Wildman–Crippen MR) is 92.2 cm³/mol. The highest BCUT2D eigenvalue weighted by atomic mass is 19.1. The van der Waals surface area contributed by atoms with Crippen molar-refractivity contribution in [2.75, 3.05) is 14.2 Å². The Morgan fingerprint density at radius 2 is 1.71 bits per heavy atom. The topological polar surface area (TPSA) is 41.6 Å². The maximum absolute atomic E-state index is 12.9. The average molecular weight is 330 g/mol. The number of carbonyl (C=O) groups is 1. The largest absolute Gasteiger partial charge is 0.497 e. The number of hydrogen-bond acceptors (Lipinski definition) is 3. The molecule has 0 aliphatic rings. The zero-order valence-electron chi connectivity index (χ0n) is 14.3. The van der Waals surface area contributed by atoms with Crippen molar-refractivity contribution in [1.82, 2.24) is 10.2 Å². The molecule has 2 rings (SSSR count). The van der Waals surface area contributed by atoms with Gasteiger partial charge in [-0.25, -0.2) is 4.39 Å². The lowest BCUT2D eigenvalue weighted by atomic mass is 10.1. The van der Waals surface area contributed by atoms with Gasteiger partial charge in [0.2, 0.25) is 5.91 Å². The van der Waals surface area contributed by atoms with Crippen LogP contribution in [0.15, 0.2) is 48.5 Å². The molecular formula is C19H23FN2O2. The van der Waals surface area contributed by atoms with Gasteiger partial charge in [-0.1, -0.05) is 24.3 Å². The van der Waals surface area contributed by atoms with E-state index >= 15 is 0 Å². The second-order valence-electron chi connectivity index (χ2n) is 5.78. The van der Waals surface area contributed by atoms with Crippen molar-refractivity contribution in [3.63, 3.8) is 0 Å². The van der Waals surface area contributed by atoms with E-state index in [2.05, 4.69) is 5.32 Å². The van der Waals surface area contributed by atoms with Crippen LogP contribution in [0.5, 0.6) is 5.75 Å². The number of nitrogens with one attached hydrogen (secondary N) is 1. The van der Waals surface area contributed by atoms with Crippen LogP contribution in [-0.4, -0.2) is 31.0 Å². The third-order valence-corrected chi connectivity index (χ3v) is 4.01. The summed E-state index contributed by atoms with van der Waals surface area (Å²) in [6.07, 6.45) is 0.